The molecule has 0 fully saturated rings. The Labute approximate surface area is 117 Å². The van der Waals surface area contributed by atoms with Crippen molar-refractivity contribution in [1.82, 2.24) is 0 Å². The average molecular weight is 247 g/mol. The molecule has 0 aromatic heterocycles. The summed E-state index contributed by atoms with van der Waals surface area (Å²) in [6.45, 7) is 0. The first-order chi connectivity index (χ1) is 6.98. The summed E-state index contributed by atoms with van der Waals surface area (Å²) in [5.74, 6) is 0. The number of nitrogens with two attached hydrogens (primary N) is 1. The minimum atomic E-state index is -4.15. The van der Waals surface area contributed by atoms with Crippen molar-refractivity contribution >= 4 is 26.6 Å². The molecule has 0 radical (unpaired) electrons. The van der Waals surface area contributed by atoms with Crippen molar-refractivity contribution in [2.24, 2.45) is 0 Å². The summed E-state index contributed by atoms with van der Waals surface area (Å²) in [5, 5.41) is 1.45. The predicted octanol–water partition coefficient (Wildman–Crippen LogP) is -1.21. The van der Waals surface area contributed by atoms with Crippen LogP contribution >= 0.6 is 0 Å². The van der Waals surface area contributed by atoms with Gasteiger partial charge in [0.05, 0.1) is 4.90 Å². The predicted molar refractivity (Wildman–Crippen MR) is 59.3 cm³/mol. The molecule has 0 aliphatic carbocycles. The molecular formula is C10H10NNaO3S. The fourth-order valence-electron chi connectivity index (χ4n) is 1.45. The Morgan fingerprint density at radius 2 is 1.88 bits per heavy atom. The van der Waals surface area contributed by atoms with Crippen LogP contribution in [0, 0.1) is 0 Å². The van der Waals surface area contributed by atoms with Gasteiger partial charge in [0, 0.05) is 11.1 Å². The zero-order valence-corrected chi connectivity index (χ0v) is 11.5. The van der Waals surface area contributed by atoms with Gasteiger partial charge in [-0.3, -0.25) is 4.55 Å². The normalized spacial score (nSPS) is 11.1. The van der Waals surface area contributed by atoms with Crippen LogP contribution in [0.3, 0.4) is 0 Å². The third kappa shape index (κ3) is 2.56. The molecule has 0 unspecified atom stereocenters. The first kappa shape index (κ1) is 13.5. The molecule has 80 valence electrons. The van der Waals surface area contributed by atoms with E-state index >= 15 is 0 Å². The van der Waals surface area contributed by atoms with E-state index in [1.165, 1.54) is 12.1 Å². The van der Waals surface area contributed by atoms with Gasteiger partial charge in [-0.05, 0) is 23.6 Å². The first-order valence-corrected chi connectivity index (χ1v) is 5.68. The number of fused-ring (bicyclic) bond motifs is 1. The Kier molecular flexibility index (Phi) is 3.98. The first-order valence-electron chi connectivity index (χ1n) is 4.24. The zero-order chi connectivity index (χ0) is 11.1. The van der Waals surface area contributed by atoms with Crippen molar-refractivity contribution in [2.45, 2.75) is 4.90 Å². The van der Waals surface area contributed by atoms with Crippen LogP contribution in [0.25, 0.3) is 10.8 Å². The number of hydrogen-bond donors (Lipinski definition) is 2. The summed E-state index contributed by atoms with van der Waals surface area (Å²) in [7, 11) is -4.15. The summed E-state index contributed by atoms with van der Waals surface area (Å²) < 4.78 is 30.6. The quantitative estimate of drug-likeness (QED) is 0.376. The molecule has 2 aromatic rings. The third-order valence-corrected chi connectivity index (χ3v) is 3.03. The van der Waals surface area contributed by atoms with E-state index in [1.807, 2.05) is 0 Å². The molecule has 0 saturated carbocycles. The second-order valence-electron chi connectivity index (χ2n) is 3.21. The molecule has 0 amide bonds. The minimum Gasteiger partial charge on any atom is -1.00 e. The largest absolute Gasteiger partial charge is 1.00 e. The van der Waals surface area contributed by atoms with Crippen LogP contribution < -0.4 is 35.3 Å². The maximum atomic E-state index is 10.9. The molecule has 0 bridgehead atoms. The van der Waals surface area contributed by atoms with Crippen LogP contribution in [0.15, 0.2) is 41.3 Å². The standard InChI is InChI=1S/C10H9NO3S.Na.H/c11-10-3-1-2-7-6-8(15(12,13)14)4-5-9(7)10;;/h1-6H,11H2,(H,12,13,14);;/q;+1;-1. The smallest absolute Gasteiger partial charge is 1.00 e. The molecule has 0 spiro atoms. The van der Waals surface area contributed by atoms with E-state index in [1.54, 1.807) is 24.3 Å². The molecule has 0 heterocycles. The van der Waals surface area contributed by atoms with Crippen LogP contribution in [-0.4, -0.2) is 13.0 Å². The maximum absolute atomic E-state index is 10.9. The van der Waals surface area contributed by atoms with Gasteiger partial charge in [0.1, 0.15) is 0 Å². The Morgan fingerprint density at radius 3 is 2.50 bits per heavy atom. The van der Waals surface area contributed by atoms with Crippen LogP contribution in [0.4, 0.5) is 5.69 Å². The second-order valence-corrected chi connectivity index (χ2v) is 4.63. The van der Waals surface area contributed by atoms with Gasteiger partial charge in [-0.15, -0.1) is 0 Å². The average Bonchev–Trinajstić information content (AvgIpc) is 2.16. The van der Waals surface area contributed by atoms with Gasteiger partial charge < -0.3 is 7.16 Å². The van der Waals surface area contributed by atoms with E-state index in [4.69, 9.17) is 10.3 Å². The monoisotopic (exact) mass is 247 g/mol. The maximum Gasteiger partial charge on any atom is 1.00 e. The van der Waals surface area contributed by atoms with Crippen LogP contribution in [0.1, 0.15) is 1.43 Å². The molecular weight excluding hydrogens is 237 g/mol. The number of rotatable bonds is 1. The van der Waals surface area contributed by atoms with Gasteiger partial charge in [-0.1, -0.05) is 18.2 Å². The Hall–Kier alpha value is -0.590. The molecule has 6 heteroatoms. The van der Waals surface area contributed by atoms with E-state index in [-0.39, 0.29) is 35.9 Å². The van der Waals surface area contributed by atoms with Gasteiger partial charge in [0.2, 0.25) is 0 Å². The second kappa shape index (κ2) is 4.73. The number of anilines is 1. The number of nitrogen functional groups attached to an aromatic ring is 1. The summed E-state index contributed by atoms with van der Waals surface area (Å²) in [6.07, 6.45) is 0. The van der Waals surface area contributed by atoms with Crippen molar-refractivity contribution in [2.75, 3.05) is 5.73 Å². The van der Waals surface area contributed by atoms with E-state index in [0.29, 0.717) is 11.1 Å². The Balaban J connectivity index is 0.00000128. The van der Waals surface area contributed by atoms with E-state index in [2.05, 4.69) is 0 Å². The molecule has 16 heavy (non-hydrogen) atoms. The van der Waals surface area contributed by atoms with Gasteiger partial charge in [0.15, 0.2) is 0 Å². The fourth-order valence-corrected chi connectivity index (χ4v) is 1.96. The molecule has 4 nitrogen and oxygen atoms in total. The Morgan fingerprint density at radius 1 is 1.19 bits per heavy atom. The van der Waals surface area contributed by atoms with Crippen LogP contribution in [0.2, 0.25) is 0 Å². The molecule has 0 saturated heterocycles. The molecule has 2 aromatic carbocycles. The zero-order valence-electron chi connectivity index (χ0n) is 9.71. The molecule has 3 N–H and O–H groups in total. The molecule has 0 aliphatic rings. The SMILES string of the molecule is Nc1cccc2cc(S(=O)(=O)O)ccc12.[H-].[Na+]. The summed E-state index contributed by atoms with van der Waals surface area (Å²) in [6, 6.07) is 9.49. The van der Waals surface area contributed by atoms with E-state index < -0.39 is 10.1 Å². The van der Waals surface area contributed by atoms with Crippen LogP contribution in [-0.2, 0) is 10.1 Å². The fraction of sp³-hybridized carbons (Fsp3) is 0. The van der Waals surface area contributed by atoms with Gasteiger partial charge in [-0.2, -0.15) is 8.42 Å². The minimum absolute atomic E-state index is 0. The van der Waals surface area contributed by atoms with Gasteiger partial charge in [-0.25, -0.2) is 0 Å². The van der Waals surface area contributed by atoms with Crippen molar-refractivity contribution in [3.05, 3.63) is 36.4 Å². The molecule has 0 aliphatic heterocycles. The third-order valence-electron chi connectivity index (χ3n) is 2.18. The summed E-state index contributed by atoms with van der Waals surface area (Å²) in [5.41, 5.74) is 6.28. The van der Waals surface area contributed by atoms with Crippen molar-refractivity contribution in [1.29, 1.82) is 0 Å². The van der Waals surface area contributed by atoms with Crippen molar-refractivity contribution in [3.8, 4) is 0 Å². The number of hydrogen-bond acceptors (Lipinski definition) is 3. The summed E-state index contributed by atoms with van der Waals surface area (Å²) >= 11 is 0. The molecule has 0 atom stereocenters. The van der Waals surface area contributed by atoms with Gasteiger partial charge in [0.25, 0.3) is 10.1 Å². The van der Waals surface area contributed by atoms with Crippen molar-refractivity contribution < 1.29 is 44.0 Å². The topological polar surface area (TPSA) is 80.4 Å². The van der Waals surface area contributed by atoms with Gasteiger partial charge >= 0.3 is 29.6 Å². The van der Waals surface area contributed by atoms with Crippen LogP contribution in [0.5, 0.6) is 0 Å². The summed E-state index contributed by atoms with van der Waals surface area (Å²) in [4.78, 5) is -0.124. The van der Waals surface area contributed by atoms with E-state index in [9.17, 15) is 8.42 Å². The Bertz CT molecular complexity index is 630. The van der Waals surface area contributed by atoms with Crippen molar-refractivity contribution in [3.63, 3.8) is 0 Å². The molecule has 2 rings (SSSR count). The van der Waals surface area contributed by atoms with E-state index in [0.717, 1.165) is 5.39 Å². The number of benzene rings is 2.